The Hall–Kier alpha value is -1.17. The van der Waals surface area contributed by atoms with Gasteiger partial charge in [-0.15, -0.1) is 0 Å². The third kappa shape index (κ3) is 3.23. The summed E-state index contributed by atoms with van der Waals surface area (Å²) in [6.07, 6.45) is 2.41. The van der Waals surface area contributed by atoms with Crippen LogP contribution in [0.3, 0.4) is 0 Å². The molecule has 2 N–H and O–H groups in total. The van der Waals surface area contributed by atoms with E-state index in [4.69, 9.17) is 10.5 Å². The van der Waals surface area contributed by atoms with Gasteiger partial charge < -0.3 is 15.0 Å². The van der Waals surface area contributed by atoms with Crippen molar-refractivity contribution in [1.82, 2.24) is 9.55 Å². The minimum atomic E-state index is -0.430. The molecule has 106 valence electrons. The van der Waals surface area contributed by atoms with Gasteiger partial charge in [-0.25, -0.2) is 9.78 Å². The molecule has 1 aliphatic rings. The van der Waals surface area contributed by atoms with Crippen molar-refractivity contribution in [1.29, 1.82) is 0 Å². The number of nitrogens with two attached hydrogens (primary N) is 1. The minimum absolute atomic E-state index is 0.254. The molecule has 6 heteroatoms. The number of thioether (sulfide) groups is 1. The number of imidazole rings is 1. The molecule has 0 unspecified atom stereocenters. The van der Waals surface area contributed by atoms with E-state index in [-0.39, 0.29) is 5.69 Å². The number of aromatic nitrogens is 2. The zero-order valence-electron chi connectivity index (χ0n) is 11.5. The summed E-state index contributed by atoms with van der Waals surface area (Å²) in [5, 5.41) is 0. The highest BCUT2D eigenvalue weighted by molar-refractivity contribution is 7.99. The first-order chi connectivity index (χ1) is 9.13. The van der Waals surface area contributed by atoms with E-state index in [1.54, 1.807) is 6.92 Å². The second-order valence-electron chi connectivity index (χ2n) is 4.78. The predicted octanol–water partition coefficient (Wildman–Crippen LogP) is 2.09. The molecule has 0 aromatic carbocycles. The lowest BCUT2D eigenvalue weighted by Gasteiger charge is -2.22. The fourth-order valence-corrected chi connectivity index (χ4v) is 3.55. The first-order valence-electron chi connectivity index (χ1n) is 6.71. The third-order valence-corrected chi connectivity index (χ3v) is 4.50. The number of hydrogen-bond acceptors (Lipinski definition) is 5. The number of rotatable bonds is 4. The molecule has 0 aliphatic carbocycles. The van der Waals surface area contributed by atoms with E-state index in [1.165, 1.54) is 24.3 Å². The van der Waals surface area contributed by atoms with Crippen molar-refractivity contribution in [2.75, 3.05) is 23.8 Å². The maximum Gasteiger partial charge on any atom is 0.360 e. The highest BCUT2D eigenvalue weighted by Gasteiger charge is 2.22. The molecule has 2 heterocycles. The molecular formula is C13H21N3O2S. The quantitative estimate of drug-likeness (QED) is 0.857. The summed E-state index contributed by atoms with van der Waals surface area (Å²) >= 11 is 2.00. The van der Waals surface area contributed by atoms with E-state index in [2.05, 4.69) is 4.98 Å². The molecule has 0 saturated carbocycles. The van der Waals surface area contributed by atoms with E-state index in [9.17, 15) is 4.79 Å². The van der Waals surface area contributed by atoms with E-state index in [0.29, 0.717) is 18.3 Å². The Balaban J connectivity index is 2.14. The molecule has 0 atom stereocenters. The van der Waals surface area contributed by atoms with E-state index < -0.39 is 5.97 Å². The molecule has 0 amide bonds. The van der Waals surface area contributed by atoms with Gasteiger partial charge in [0.05, 0.1) is 6.61 Å². The number of aryl methyl sites for hydroxylation is 1. The maximum absolute atomic E-state index is 11.7. The molecule has 0 spiro atoms. The molecule has 19 heavy (non-hydrogen) atoms. The molecule has 0 radical (unpaired) electrons. The maximum atomic E-state index is 11.7. The first kappa shape index (κ1) is 14.2. The van der Waals surface area contributed by atoms with Crippen LogP contribution < -0.4 is 5.73 Å². The summed E-state index contributed by atoms with van der Waals surface area (Å²) < 4.78 is 6.92. The van der Waals surface area contributed by atoms with Crippen molar-refractivity contribution in [3.05, 3.63) is 11.5 Å². The highest BCUT2D eigenvalue weighted by atomic mass is 32.2. The van der Waals surface area contributed by atoms with Crippen molar-refractivity contribution < 1.29 is 9.53 Å². The summed E-state index contributed by atoms with van der Waals surface area (Å²) in [5.74, 6) is 3.85. The Morgan fingerprint density at radius 3 is 2.84 bits per heavy atom. The van der Waals surface area contributed by atoms with E-state index >= 15 is 0 Å². The lowest BCUT2D eigenvalue weighted by atomic mass is 10.0. The Morgan fingerprint density at radius 1 is 1.53 bits per heavy atom. The molecule has 1 aromatic heterocycles. The molecule has 1 saturated heterocycles. The molecule has 5 nitrogen and oxygen atoms in total. The number of anilines is 1. The Kier molecular flexibility index (Phi) is 4.74. The van der Waals surface area contributed by atoms with E-state index in [1.807, 2.05) is 23.3 Å². The Bertz CT molecular complexity index is 453. The zero-order chi connectivity index (χ0) is 13.8. The van der Waals surface area contributed by atoms with Crippen LogP contribution in [0.1, 0.15) is 36.1 Å². The van der Waals surface area contributed by atoms with Gasteiger partial charge in [0.15, 0.2) is 5.69 Å². The van der Waals surface area contributed by atoms with Crippen molar-refractivity contribution in [2.45, 2.75) is 33.2 Å². The molecule has 0 bridgehead atoms. The standard InChI is InChI=1S/C13H21N3O2S/c1-3-18-13(17)11-12(14)16(9(2)15-11)8-10-4-6-19-7-5-10/h10H,3-8,14H2,1-2H3. The number of ether oxygens (including phenoxy) is 1. The number of hydrogen-bond donors (Lipinski definition) is 1. The van der Waals surface area contributed by atoms with Gasteiger partial charge in [0.1, 0.15) is 11.6 Å². The van der Waals surface area contributed by atoms with Crippen molar-refractivity contribution in [3.8, 4) is 0 Å². The van der Waals surface area contributed by atoms with Gasteiger partial charge in [-0.05, 0) is 44.1 Å². The molecule has 1 aliphatic heterocycles. The fraction of sp³-hybridized carbons (Fsp3) is 0.692. The molecular weight excluding hydrogens is 262 g/mol. The molecule has 1 fully saturated rings. The monoisotopic (exact) mass is 283 g/mol. The van der Waals surface area contributed by atoms with Crippen LogP contribution in [0.4, 0.5) is 5.82 Å². The average molecular weight is 283 g/mol. The molecule has 2 rings (SSSR count). The second kappa shape index (κ2) is 6.32. The van der Waals surface area contributed by atoms with Crippen molar-refractivity contribution >= 4 is 23.5 Å². The summed E-state index contributed by atoms with van der Waals surface area (Å²) in [7, 11) is 0. The summed E-state index contributed by atoms with van der Waals surface area (Å²) in [6.45, 7) is 4.85. The van der Waals surface area contributed by atoms with Crippen LogP contribution in [0.2, 0.25) is 0 Å². The summed E-state index contributed by atoms with van der Waals surface area (Å²) in [4.78, 5) is 16.0. The molecule has 1 aromatic rings. The van der Waals surface area contributed by atoms with Crippen molar-refractivity contribution in [2.24, 2.45) is 5.92 Å². The SMILES string of the molecule is CCOC(=O)c1nc(C)n(CC2CCSCC2)c1N. The Morgan fingerprint density at radius 2 is 2.21 bits per heavy atom. The van der Waals surface area contributed by atoms with Crippen LogP contribution in [0.25, 0.3) is 0 Å². The van der Waals surface area contributed by atoms with Gasteiger partial charge in [-0.2, -0.15) is 11.8 Å². The fourth-order valence-electron chi connectivity index (χ4n) is 2.35. The normalized spacial score (nSPS) is 16.5. The van der Waals surface area contributed by atoms with Gasteiger partial charge >= 0.3 is 5.97 Å². The lowest BCUT2D eigenvalue weighted by Crippen LogP contribution is -2.18. The van der Waals surface area contributed by atoms with Gasteiger partial charge in [-0.1, -0.05) is 0 Å². The number of carbonyl (C=O) groups is 1. The summed E-state index contributed by atoms with van der Waals surface area (Å²) in [6, 6.07) is 0. The van der Waals surface area contributed by atoms with Crippen LogP contribution in [0.15, 0.2) is 0 Å². The third-order valence-electron chi connectivity index (χ3n) is 3.45. The smallest absolute Gasteiger partial charge is 0.360 e. The van der Waals surface area contributed by atoms with Crippen LogP contribution in [-0.2, 0) is 11.3 Å². The van der Waals surface area contributed by atoms with Crippen LogP contribution in [0.5, 0.6) is 0 Å². The minimum Gasteiger partial charge on any atom is -0.461 e. The topological polar surface area (TPSA) is 70.1 Å². The number of nitrogens with zero attached hydrogens (tertiary/aromatic N) is 2. The zero-order valence-corrected chi connectivity index (χ0v) is 12.3. The van der Waals surface area contributed by atoms with E-state index in [0.717, 1.165) is 12.4 Å². The number of esters is 1. The van der Waals surface area contributed by atoms with Crippen molar-refractivity contribution in [3.63, 3.8) is 0 Å². The van der Waals surface area contributed by atoms with Gasteiger partial charge in [0.25, 0.3) is 0 Å². The van der Waals surface area contributed by atoms with Gasteiger partial charge in [0, 0.05) is 6.54 Å². The Labute approximate surface area is 117 Å². The van der Waals surface area contributed by atoms with Crippen LogP contribution >= 0.6 is 11.8 Å². The predicted molar refractivity (Wildman–Crippen MR) is 77.4 cm³/mol. The largest absolute Gasteiger partial charge is 0.461 e. The second-order valence-corrected chi connectivity index (χ2v) is 6.00. The van der Waals surface area contributed by atoms with Gasteiger partial charge in [-0.3, -0.25) is 0 Å². The van der Waals surface area contributed by atoms with Gasteiger partial charge in [0.2, 0.25) is 0 Å². The summed E-state index contributed by atoms with van der Waals surface area (Å²) in [5.41, 5.74) is 6.30. The number of carbonyl (C=O) groups excluding carboxylic acids is 1. The van der Waals surface area contributed by atoms with Crippen LogP contribution in [-0.4, -0.2) is 33.6 Å². The number of nitrogen functional groups attached to an aromatic ring is 1. The van der Waals surface area contributed by atoms with Crippen LogP contribution in [0, 0.1) is 12.8 Å². The first-order valence-corrected chi connectivity index (χ1v) is 7.86. The lowest BCUT2D eigenvalue weighted by molar-refractivity contribution is 0.0521. The highest BCUT2D eigenvalue weighted by Crippen LogP contribution is 2.26. The average Bonchev–Trinajstić information content (AvgIpc) is 2.68.